The molecule has 1 aliphatic heterocycles. The van der Waals surface area contributed by atoms with E-state index in [1.165, 1.54) is 12.8 Å². The molecule has 124 valence electrons. The predicted molar refractivity (Wildman–Crippen MR) is 86.1 cm³/mol. The van der Waals surface area contributed by atoms with E-state index in [0.717, 1.165) is 32.0 Å². The minimum atomic E-state index is -0.0352. The van der Waals surface area contributed by atoms with Crippen molar-refractivity contribution in [2.24, 2.45) is 23.0 Å². The molecule has 0 aromatic rings. The van der Waals surface area contributed by atoms with E-state index in [1.807, 2.05) is 0 Å². The number of morpholine rings is 1. The van der Waals surface area contributed by atoms with Gasteiger partial charge < -0.3 is 15.6 Å². The predicted octanol–water partition coefficient (Wildman–Crippen LogP) is 1.86. The molecule has 21 heavy (non-hydrogen) atoms. The number of nitrogens with two attached hydrogens (primary N) is 1. The van der Waals surface area contributed by atoms with Gasteiger partial charge in [0.2, 0.25) is 0 Å². The average Bonchev–Trinajstić information content (AvgIpc) is 2.39. The van der Waals surface area contributed by atoms with Crippen LogP contribution in [0.3, 0.4) is 0 Å². The summed E-state index contributed by atoms with van der Waals surface area (Å²) in [5.41, 5.74) is 6.78. The lowest BCUT2D eigenvalue weighted by atomic mass is 9.67. The molecule has 0 aromatic heterocycles. The van der Waals surface area contributed by atoms with E-state index in [9.17, 15) is 5.11 Å². The van der Waals surface area contributed by atoms with Gasteiger partial charge >= 0.3 is 0 Å². The van der Waals surface area contributed by atoms with Gasteiger partial charge in [-0.25, -0.2) is 0 Å². The Kier molecular flexibility index (Phi) is 5.69. The summed E-state index contributed by atoms with van der Waals surface area (Å²) in [7, 11) is 0. The van der Waals surface area contributed by atoms with E-state index >= 15 is 0 Å². The number of aliphatic hydroxyl groups is 1. The van der Waals surface area contributed by atoms with Crippen molar-refractivity contribution in [3.05, 3.63) is 0 Å². The van der Waals surface area contributed by atoms with E-state index in [0.29, 0.717) is 17.4 Å². The molecule has 1 heterocycles. The van der Waals surface area contributed by atoms with E-state index in [-0.39, 0.29) is 18.8 Å². The van der Waals surface area contributed by atoms with Crippen molar-refractivity contribution in [3.8, 4) is 0 Å². The standard InChI is InChI=1S/C17H34N2O2/c1-12-8-19(10-15(11-20)21-12)9-13-7-14(17(2,3)4)5-6-16(13)18/h12-16,20H,5-11,18H2,1-4H3. The van der Waals surface area contributed by atoms with Gasteiger partial charge in [-0.05, 0) is 43.4 Å². The number of rotatable bonds is 3. The Morgan fingerprint density at radius 2 is 1.95 bits per heavy atom. The second-order valence-corrected chi connectivity index (χ2v) is 8.27. The van der Waals surface area contributed by atoms with Crippen molar-refractivity contribution in [3.63, 3.8) is 0 Å². The van der Waals surface area contributed by atoms with Gasteiger partial charge in [-0.2, -0.15) is 0 Å². The largest absolute Gasteiger partial charge is 0.394 e. The van der Waals surface area contributed by atoms with Gasteiger partial charge in [0, 0.05) is 25.7 Å². The Bertz CT molecular complexity index is 329. The summed E-state index contributed by atoms with van der Waals surface area (Å²) >= 11 is 0. The van der Waals surface area contributed by atoms with Crippen molar-refractivity contribution < 1.29 is 9.84 Å². The van der Waals surface area contributed by atoms with Gasteiger partial charge in [0.15, 0.2) is 0 Å². The minimum Gasteiger partial charge on any atom is -0.394 e. The summed E-state index contributed by atoms with van der Waals surface area (Å²) in [6, 6.07) is 0.328. The molecule has 3 N–H and O–H groups in total. The van der Waals surface area contributed by atoms with E-state index in [4.69, 9.17) is 10.5 Å². The zero-order chi connectivity index (χ0) is 15.6. The highest BCUT2D eigenvalue weighted by molar-refractivity contribution is 4.90. The summed E-state index contributed by atoms with van der Waals surface area (Å²) in [6.45, 7) is 12.1. The summed E-state index contributed by atoms with van der Waals surface area (Å²) < 4.78 is 5.73. The number of ether oxygens (including phenoxy) is 1. The number of aliphatic hydroxyl groups excluding tert-OH is 1. The van der Waals surface area contributed by atoms with Gasteiger partial charge in [0.05, 0.1) is 18.8 Å². The number of hydrogen-bond acceptors (Lipinski definition) is 4. The molecule has 1 saturated carbocycles. The van der Waals surface area contributed by atoms with Crippen molar-refractivity contribution in [2.75, 3.05) is 26.2 Å². The zero-order valence-electron chi connectivity index (χ0n) is 14.2. The maximum Gasteiger partial charge on any atom is 0.0936 e. The smallest absolute Gasteiger partial charge is 0.0936 e. The fourth-order valence-electron chi connectivity index (χ4n) is 4.01. The first-order valence-corrected chi connectivity index (χ1v) is 8.53. The molecular weight excluding hydrogens is 264 g/mol. The third-order valence-corrected chi connectivity index (χ3v) is 5.36. The molecular formula is C17H34N2O2. The first-order valence-electron chi connectivity index (χ1n) is 8.53. The molecule has 1 aliphatic carbocycles. The van der Waals surface area contributed by atoms with Gasteiger partial charge in [-0.15, -0.1) is 0 Å². The molecule has 5 atom stereocenters. The molecule has 0 bridgehead atoms. The SMILES string of the molecule is CC1CN(CC2CC(C(C)(C)C)CCC2N)CC(CO)O1. The Morgan fingerprint density at radius 1 is 1.24 bits per heavy atom. The zero-order valence-corrected chi connectivity index (χ0v) is 14.2. The monoisotopic (exact) mass is 298 g/mol. The molecule has 5 unspecified atom stereocenters. The molecule has 0 spiro atoms. The maximum atomic E-state index is 9.36. The van der Waals surface area contributed by atoms with Crippen LogP contribution >= 0.6 is 0 Å². The summed E-state index contributed by atoms with van der Waals surface area (Å²) in [6.07, 6.45) is 3.82. The second-order valence-electron chi connectivity index (χ2n) is 8.27. The van der Waals surface area contributed by atoms with E-state index in [2.05, 4.69) is 32.6 Å². The normalized spacial score (nSPS) is 39.4. The molecule has 2 aliphatic rings. The fourth-order valence-corrected chi connectivity index (χ4v) is 4.01. The highest BCUT2D eigenvalue weighted by Crippen LogP contribution is 2.40. The Morgan fingerprint density at radius 3 is 2.57 bits per heavy atom. The van der Waals surface area contributed by atoms with Gasteiger partial charge in [0.1, 0.15) is 0 Å². The molecule has 4 heteroatoms. The van der Waals surface area contributed by atoms with Crippen LogP contribution in [0.5, 0.6) is 0 Å². The van der Waals surface area contributed by atoms with E-state index < -0.39 is 0 Å². The van der Waals surface area contributed by atoms with Crippen LogP contribution < -0.4 is 5.73 Å². The lowest BCUT2D eigenvalue weighted by Gasteiger charge is -2.44. The van der Waals surface area contributed by atoms with E-state index in [1.54, 1.807) is 0 Å². The molecule has 2 fully saturated rings. The van der Waals surface area contributed by atoms with Crippen molar-refractivity contribution in [1.29, 1.82) is 0 Å². The molecule has 0 aromatic carbocycles. The third-order valence-electron chi connectivity index (χ3n) is 5.36. The van der Waals surface area contributed by atoms with Crippen LogP contribution in [0.15, 0.2) is 0 Å². The van der Waals surface area contributed by atoms with Crippen molar-refractivity contribution in [1.82, 2.24) is 4.90 Å². The Balaban J connectivity index is 1.93. The molecule has 0 radical (unpaired) electrons. The summed E-state index contributed by atoms with van der Waals surface area (Å²) in [4.78, 5) is 2.45. The maximum absolute atomic E-state index is 9.36. The molecule has 4 nitrogen and oxygen atoms in total. The third kappa shape index (κ3) is 4.65. The first kappa shape index (κ1) is 17.2. The highest BCUT2D eigenvalue weighted by Gasteiger charge is 2.36. The lowest BCUT2D eigenvalue weighted by Crippen LogP contribution is -2.52. The van der Waals surface area contributed by atoms with Crippen LogP contribution in [0.25, 0.3) is 0 Å². The molecule has 0 amide bonds. The minimum absolute atomic E-state index is 0.0352. The number of nitrogens with zero attached hydrogens (tertiary/aromatic N) is 1. The summed E-state index contributed by atoms with van der Waals surface area (Å²) in [5, 5.41) is 9.36. The van der Waals surface area contributed by atoms with Gasteiger partial charge in [-0.3, -0.25) is 4.90 Å². The van der Waals surface area contributed by atoms with Crippen LogP contribution in [-0.4, -0.2) is 54.5 Å². The highest BCUT2D eigenvalue weighted by atomic mass is 16.5. The Labute approximate surface area is 130 Å². The molecule has 1 saturated heterocycles. The van der Waals surface area contributed by atoms with Crippen molar-refractivity contribution in [2.45, 2.75) is 65.2 Å². The quantitative estimate of drug-likeness (QED) is 0.835. The van der Waals surface area contributed by atoms with Gasteiger partial charge in [-0.1, -0.05) is 20.8 Å². The topological polar surface area (TPSA) is 58.7 Å². The molecule has 2 rings (SSSR count). The summed E-state index contributed by atoms with van der Waals surface area (Å²) in [5.74, 6) is 1.35. The van der Waals surface area contributed by atoms with Crippen LogP contribution in [-0.2, 0) is 4.74 Å². The fraction of sp³-hybridized carbons (Fsp3) is 1.00. The average molecular weight is 298 g/mol. The van der Waals surface area contributed by atoms with Crippen LogP contribution in [0, 0.1) is 17.3 Å². The van der Waals surface area contributed by atoms with Crippen molar-refractivity contribution >= 4 is 0 Å². The Hall–Kier alpha value is -0.160. The first-order chi connectivity index (χ1) is 9.79. The lowest BCUT2D eigenvalue weighted by molar-refractivity contribution is -0.100. The van der Waals surface area contributed by atoms with Crippen LogP contribution in [0.1, 0.15) is 47.0 Å². The number of hydrogen-bond donors (Lipinski definition) is 2. The van der Waals surface area contributed by atoms with Crippen LogP contribution in [0.4, 0.5) is 0 Å². The second kappa shape index (κ2) is 6.95. The van der Waals surface area contributed by atoms with Crippen LogP contribution in [0.2, 0.25) is 0 Å². The van der Waals surface area contributed by atoms with Gasteiger partial charge in [0.25, 0.3) is 0 Å².